The van der Waals surface area contributed by atoms with E-state index in [2.05, 4.69) is 135 Å². The molecule has 7 aromatic carbocycles. The van der Waals surface area contributed by atoms with Gasteiger partial charge in [0.1, 0.15) is 11.2 Å². The molecule has 0 bridgehead atoms. The van der Waals surface area contributed by atoms with Crippen molar-refractivity contribution in [2.75, 3.05) is 0 Å². The fourth-order valence-corrected chi connectivity index (χ4v) is 7.97. The minimum absolute atomic E-state index is 0.0490. The molecule has 0 saturated heterocycles. The van der Waals surface area contributed by atoms with Crippen molar-refractivity contribution < 1.29 is 4.42 Å². The highest BCUT2D eigenvalue weighted by atomic mass is 16.3. The summed E-state index contributed by atoms with van der Waals surface area (Å²) >= 11 is 0. The molecule has 52 heavy (non-hydrogen) atoms. The fraction of sp³-hybridized carbons (Fsp3) is 0.0625. The summed E-state index contributed by atoms with van der Waals surface area (Å²) in [7, 11) is 0. The lowest BCUT2D eigenvalue weighted by atomic mass is 9.82. The van der Waals surface area contributed by atoms with Gasteiger partial charge in [0.05, 0.1) is 0 Å². The van der Waals surface area contributed by atoms with Crippen molar-refractivity contribution in [2.24, 2.45) is 0 Å². The highest BCUT2D eigenvalue weighted by molar-refractivity contribution is 6.13. The molecular formula is C48H33N3O. The van der Waals surface area contributed by atoms with Crippen LogP contribution in [0.15, 0.2) is 168 Å². The maximum Gasteiger partial charge on any atom is 0.164 e. The summed E-state index contributed by atoms with van der Waals surface area (Å²) in [6.07, 6.45) is 0. The van der Waals surface area contributed by atoms with Gasteiger partial charge in [0, 0.05) is 32.9 Å². The molecule has 0 fully saturated rings. The third-order valence-corrected chi connectivity index (χ3v) is 10.6. The molecule has 0 N–H and O–H groups in total. The van der Waals surface area contributed by atoms with Crippen LogP contribution in [0.1, 0.15) is 25.0 Å². The van der Waals surface area contributed by atoms with Gasteiger partial charge in [-0.25, -0.2) is 15.0 Å². The highest BCUT2D eigenvalue weighted by Crippen LogP contribution is 2.52. The minimum atomic E-state index is -0.0490. The SMILES string of the molecule is CC1(C)c2ccccc2-c2c(-c3ccc(-c4nc(-c5ccccc5)nc(-c5ccc6c(c5)oc5cccc(-c7ccccc7)c56)n4)cc3)cccc21. The van der Waals surface area contributed by atoms with Crippen LogP contribution in [0, 0.1) is 0 Å². The lowest BCUT2D eigenvalue weighted by Gasteiger charge is -2.21. The molecule has 0 unspecified atom stereocenters. The molecule has 1 aliphatic rings. The Hall–Kier alpha value is -6.65. The van der Waals surface area contributed by atoms with E-state index in [1.54, 1.807) is 0 Å². The second-order valence-electron chi connectivity index (χ2n) is 14.0. The van der Waals surface area contributed by atoms with Crippen LogP contribution in [-0.4, -0.2) is 15.0 Å². The van der Waals surface area contributed by atoms with Crippen LogP contribution in [0.25, 0.3) is 89.5 Å². The van der Waals surface area contributed by atoms with Gasteiger partial charge >= 0.3 is 0 Å². The van der Waals surface area contributed by atoms with Crippen molar-refractivity contribution in [2.45, 2.75) is 19.3 Å². The lowest BCUT2D eigenvalue weighted by molar-refractivity contribution is 0.660. The van der Waals surface area contributed by atoms with E-state index in [-0.39, 0.29) is 5.41 Å². The zero-order chi connectivity index (χ0) is 34.8. The number of rotatable bonds is 5. The third-order valence-electron chi connectivity index (χ3n) is 10.6. The van der Waals surface area contributed by atoms with Gasteiger partial charge in [-0.05, 0) is 62.7 Å². The largest absolute Gasteiger partial charge is 0.456 e. The van der Waals surface area contributed by atoms with Gasteiger partial charge in [-0.15, -0.1) is 0 Å². The summed E-state index contributed by atoms with van der Waals surface area (Å²) in [5, 5.41) is 2.16. The second-order valence-corrected chi connectivity index (χ2v) is 14.0. The standard InChI is InChI=1S/C48H33N3O/c1-48(2)39-20-10-9-17-37(39)43-35(18-11-21-40(43)48)31-23-25-33(26-24-31)46-49-45(32-15-7-4-8-16-32)50-47(51-46)34-27-28-38-42(29-34)52-41-22-12-19-36(44(38)41)30-13-5-3-6-14-30/h3-29H,1-2H3. The molecule has 246 valence electrons. The van der Waals surface area contributed by atoms with Gasteiger partial charge in [-0.2, -0.15) is 0 Å². The Morgan fingerprint density at radius 2 is 0.923 bits per heavy atom. The predicted molar refractivity (Wildman–Crippen MR) is 212 cm³/mol. The molecule has 4 nitrogen and oxygen atoms in total. The van der Waals surface area contributed by atoms with Crippen molar-refractivity contribution in [3.63, 3.8) is 0 Å². The Morgan fingerprint density at radius 1 is 0.404 bits per heavy atom. The Labute approximate surface area is 302 Å². The monoisotopic (exact) mass is 667 g/mol. The van der Waals surface area contributed by atoms with Crippen LogP contribution in [-0.2, 0) is 5.41 Å². The topological polar surface area (TPSA) is 51.8 Å². The van der Waals surface area contributed by atoms with E-state index in [9.17, 15) is 0 Å². The molecular weight excluding hydrogens is 635 g/mol. The molecule has 2 heterocycles. The number of benzene rings is 7. The first-order chi connectivity index (χ1) is 25.5. The molecule has 0 saturated carbocycles. The number of hydrogen-bond donors (Lipinski definition) is 0. The van der Waals surface area contributed by atoms with Crippen molar-refractivity contribution in [1.29, 1.82) is 0 Å². The van der Waals surface area contributed by atoms with Crippen LogP contribution in [0.3, 0.4) is 0 Å². The van der Waals surface area contributed by atoms with Crippen molar-refractivity contribution in [3.8, 4) is 67.5 Å². The maximum atomic E-state index is 6.46. The van der Waals surface area contributed by atoms with E-state index in [1.165, 1.54) is 27.8 Å². The van der Waals surface area contributed by atoms with Crippen molar-refractivity contribution in [1.82, 2.24) is 15.0 Å². The first kappa shape index (κ1) is 30.2. The van der Waals surface area contributed by atoms with E-state index in [1.807, 2.05) is 42.5 Å². The van der Waals surface area contributed by atoms with Gasteiger partial charge in [0.2, 0.25) is 0 Å². The Kier molecular flexibility index (Phi) is 6.80. The summed E-state index contributed by atoms with van der Waals surface area (Å²) in [6.45, 7) is 4.64. The molecule has 0 radical (unpaired) electrons. The van der Waals surface area contributed by atoms with Gasteiger partial charge in [-0.3, -0.25) is 0 Å². The molecule has 0 spiro atoms. The lowest BCUT2D eigenvalue weighted by Crippen LogP contribution is -2.14. The molecule has 1 aliphatic carbocycles. The van der Waals surface area contributed by atoms with E-state index in [0.29, 0.717) is 17.5 Å². The highest BCUT2D eigenvalue weighted by Gasteiger charge is 2.36. The van der Waals surface area contributed by atoms with Crippen LogP contribution >= 0.6 is 0 Å². The minimum Gasteiger partial charge on any atom is -0.456 e. The van der Waals surface area contributed by atoms with E-state index < -0.39 is 0 Å². The van der Waals surface area contributed by atoms with Gasteiger partial charge in [0.25, 0.3) is 0 Å². The van der Waals surface area contributed by atoms with Crippen LogP contribution in [0.4, 0.5) is 0 Å². The first-order valence-electron chi connectivity index (χ1n) is 17.7. The number of nitrogens with zero attached hydrogens (tertiary/aromatic N) is 3. The average Bonchev–Trinajstić information content (AvgIpc) is 3.70. The molecule has 2 aromatic heterocycles. The van der Waals surface area contributed by atoms with Gasteiger partial charge in [-0.1, -0.05) is 159 Å². The fourth-order valence-electron chi connectivity index (χ4n) is 7.97. The zero-order valence-electron chi connectivity index (χ0n) is 28.8. The second kappa shape index (κ2) is 11.7. The predicted octanol–water partition coefficient (Wildman–Crippen LogP) is 12.4. The van der Waals surface area contributed by atoms with Crippen LogP contribution < -0.4 is 0 Å². The van der Waals surface area contributed by atoms with Crippen molar-refractivity contribution >= 4 is 21.9 Å². The van der Waals surface area contributed by atoms with Crippen molar-refractivity contribution in [3.05, 3.63) is 175 Å². The normalized spacial score (nSPS) is 13.0. The molecule has 10 rings (SSSR count). The summed E-state index contributed by atoms with van der Waals surface area (Å²) in [6, 6.07) is 57.2. The molecule has 0 atom stereocenters. The molecule has 0 amide bonds. The van der Waals surface area contributed by atoms with Crippen LogP contribution in [0.5, 0.6) is 0 Å². The van der Waals surface area contributed by atoms with Crippen LogP contribution in [0.2, 0.25) is 0 Å². The zero-order valence-corrected chi connectivity index (χ0v) is 28.8. The maximum absolute atomic E-state index is 6.46. The third kappa shape index (κ3) is 4.79. The molecule has 0 aliphatic heterocycles. The summed E-state index contributed by atoms with van der Waals surface area (Å²) < 4.78 is 6.46. The number of fused-ring (bicyclic) bond motifs is 6. The van der Waals surface area contributed by atoms with Gasteiger partial charge < -0.3 is 4.42 Å². The Bertz CT molecular complexity index is 2800. The van der Waals surface area contributed by atoms with E-state index in [0.717, 1.165) is 55.3 Å². The summed E-state index contributed by atoms with van der Waals surface area (Å²) in [5.41, 5.74) is 14.4. The molecule has 9 aromatic rings. The Morgan fingerprint density at radius 3 is 1.67 bits per heavy atom. The van der Waals surface area contributed by atoms with E-state index in [4.69, 9.17) is 19.4 Å². The smallest absolute Gasteiger partial charge is 0.164 e. The summed E-state index contributed by atoms with van der Waals surface area (Å²) in [4.78, 5) is 15.1. The molecule has 4 heteroatoms. The first-order valence-corrected chi connectivity index (χ1v) is 17.7. The van der Waals surface area contributed by atoms with E-state index >= 15 is 0 Å². The van der Waals surface area contributed by atoms with Gasteiger partial charge in [0.15, 0.2) is 17.5 Å². The quantitative estimate of drug-likeness (QED) is 0.183. The number of aromatic nitrogens is 3. The Balaban J connectivity index is 1.08. The summed E-state index contributed by atoms with van der Waals surface area (Å²) in [5.74, 6) is 1.84. The average molecular weight is 668 g/mol. The number of hydrogen-bond acceptors (Lipinski definition) is 4. The number of furan rings is 1.